The minimum Gasteiger partial charge on any atom is -0.381 e. The van der Waals surface area contributed by atoms with Crippen LogP contribution in [0.4, 0.5) is 5.82 Å². The zero-order chi connectivity index (χ0) is 10.6. The molecule has 6 nitrogen and oxygen atoms in total. The molecule has 1 unspecified atom stereocenters. The highest BCUT2D eigenvalue weighted by Gasteiger charge is 2.09. The summed E-state index contributed by atoms with van der Waals surface area (Å²) in [5.41, 5.74) is 4.85. The van der Waals surface area contributed by atoms with Gasteiger partial charge in [0, 0.05) is 0 Å². The van der Waals surface area contributed by atoms with Gasteiger partial charge in [0.2, 0.25) is 5.91 Å². The van der Waals surface area contributed by atoms with E-state index in [0.29, 0.717) is 10.4 Å². The Morgan fingerprint density at radius 1 is 1.64 bits per heavy atom. The Bertz CT molecular complexity index is 316. The Kier molecular flexibility index (Phi) is 3.78. The number of hydrogen-bond donors (Lipinski definition) is 3. The van der Waals surface area contributed by atoms with Gasteiger partial charge < -0.3 is 16.2 Å². The van der Waals surface area contributed by atoms with Crippen molar-refractivity contribution in [1.29, 1.82) is 0 Å². The summed E-state index contributed by atoms with van der Waals surface area (Å²) in [6, 6.07) is 0. The maximum Gasteiger partial charge on any atom is 0.248 e. The summed E-state index contributed by atoms with van der Waals surface area (Å²) in [6.45, 7) is 0.0195. The fraction of sp³-hybridized carbons (Fsp3) is 0.286. The molecule has 14 heavy (non-hydrogen) atoms. The molecule has 1 heterocycles. The van der Waals surface area contributed by atoms with Crippen LogP contribution in [-0.2, 0) is 4.79 Å². The van der Waals surface area contributed by atoms with E-state index < -0.39 is 12.0 Å². The molecule has 76 valence electrons. The average Bonchev–Trinajstić information content (AvgIpc) is 2.16. The lowest BCUT2D eigenvalue weighted by Crippen LogP contribution is -2.34. The molecule has 0 radical (unpaired) electrons. The Morgan fingerprint density at radius 3 is 2.86 bits per heavy atom. The van der Waals surface area contributed by atoms with Crippen molar-refractivity contribution >= 4 is 27.7 Å². The van der Waals surface area contributed by atoms with Crippen LogP contribution in [0.2, 0.25) is 0 Å². The van der Waals surface area contributed by atoms with E-state index in [1.54, 1.807) is 0 Å². The molecule has 0 saturated heterocycles. The average molecular weight is 261 g/mol. The molecule has 0 aliphatic heterocycles. The van der Waals surface area contributed by atoms with Crippen LogP contribution in [0.15, 0.2) is 17.0 Å². The molecule has 4 N–H and O–H groups in total. The van der Waals surface area contributed by atoms with Gasteiger partial charge in [-0.05, 0) is 15.9 Å². The Labute approximate surface area is 88.7 Å². The minimum absolute atomic E-state index is 0.0195. The van der Waals surface area contributed by atoms with Crippen molar-refractivity contribution in [1.82, 2.24) is 9.97 Å². The van der Waals surface area contributed by atoms with E-state index in [9.17, 15) is 4.79 Å². The van der Waals surface area contributed by atoms with Crippen LogP contribution in [-0.4, -0.2) is 33.6 Å². The number of aliphatic hydroxyl groups is 1. The molecule has 1 atom stereocenters. The van der Waals surface area contributed by atoms with Gasteiger partial charge in [-0.1, -0.05) is 0 Å². The van der Waals surface area contributed by atoms with E-state index in [2.05, 4.69) is 31.2 Å². The highest BCUT2D eigenvalue weighted by Crippen LogP contribution is 2.05. The van der Waals surface area contributed by atoms with E-state index in [1.165, 1.54) is 12.4 Å². The molecule has 1 rings (SSSR count). The molecule has 0 fully saturated rings. The Hall–Kier alpha value is -1.21. The maximum absolute atomic E-state index is 10.5. The van der Waals surface area contributed by atoms with Crippen molar-refractivity contribution in [2.24, 2.45) is 5.73 Å². The third kappa shape index (κ3) is 3.27. The van der Waals surface area contributed by atoms with Crippen LogP contribution < -0.4 is 11.1 Å². The van der Waals surface area contributed by atoms with Gasteiger partial charge in [-0.3, -0.25) is 4.79 Å². The van der Waals surface area contributed by atoms with Crippen LogP contribution in [0.3, 0.4) is 0 Å². The molecule has 0 saturated carbocycles. The Balaban J connectivity index is 2.46. The molecule has 0 bridgehead atoms. The van der Waals surface area contributed by atoms with E-state index >= 15 is 0 Å². The van der Waals surface area contributed by atoms with Gasteiger partial charge in [-0.15, -0.1) is 0 Å². The molecule has 0 aliphatic rings. The monoisotopic (exact) mass is 260 g/mol. The summed E-state index contributed by atoms with van der Waals surface area (Å²) >= 11 is 3.12. The predicted molar refractivity (Wildman–Crippen MR) is 53.4 cm³/mol. The third-order valence-electron chi connectivity index (χ3n) is 1.43. The van der Waals surface area contributed by atoms with Crippen molar-refractivity contribution < 1.29 is 9.90 Å². The second kappa shape index (κ2) is 4.87. The number of nitrogens with zero attached hydrogens (tertiary/aromatic N) is 2. The number of carbonyl (C=O) groups is 1. The van der Waals surface area contributed by atoms with Crippen molar-refractivity contribution in [3.05, 3.63) is 17.0 Å². The Morgan fingerprint density at radius 2 is 2.36 bits per heavy atom. The quantitative estimate of drug-likeness (QED) is 0.678. The van der Waals surface area contributed by atoms with Gasteiger partial charge in [0.1, 0.15) is 16.5 Å². The largest absolute Gasteiger partial charge is 0.381 e. The first-order valence-electron chi connectivity index (χ1n) is 3.78. The lowest BCUT2D eigenvalue weighted by molar-refractivity contribution is -0.125. The molecule has 0 spiro atoms. The number of anilines is 1. The zero-order valence-corrected chi connectivity index (χ0v) is 8.73. The first kappa shape index (κ1) is 10.9. The summed E-state index contributed by atoms with van der Waals surface area (Å²) in [5.74, 6) is -0.309. The topological polar surface area (TPSA) is 101 Å². The number of carbonyl (C=O) groups excluding carboxylic acids is 1. The van der Waals surface area contributed by atoms with Crippen molar-refractivity contribution in [2.75, 3.05) is 11.9 Å². The number of nitrogens with one attached hydrogen (secondary N) is 1. The molecule has 1 aromatic heterocycles. The van der Waals surface area contributed by atoms with Crippen LogP contribution in [0.1, 0.15) is 0 Å². The SMILES string of the molecule is NC(=O)C(O)CNc1cnc(Br)cn1. The maximum atomic E-state index is 10.5. The van der Waals surface area contributed by atoms with Crippen LogP contribution in [0.25, 0.3) is 0 Å². The second-order valence-corrected chi connectivity index (χ2v) is 3.34. The van der Waals surface area contributed by atoms with Crippen LogP contribution in [0, 0.1) is 0 Å². The lowest BCUT2D eigenvalue weighted by atomic mass is 10.3. The van der Waals surface area contributed by atoms with Gasteiger partial charge in [0.25, 0.3) is 0 Å². The number of amides is 1. The van der Waals surface area contributed by atoms with Crippen molar-refractivity contribution in [2.45, 2.75) is 6.10 Å². The fourth-order valence-electron chi connectivity index (χ4n) is 0.705. The highest BCUT2D eigenvalue weighted by atomic mass is 79.9. The number of nitrogens with two attached hydrogens (primary N) is 1. The van der Waals surface area contributed by atoms with Crippen molar-refractivity contribution in [3.8, 4) is 0 Å². The second-order valence-electron chi connectivity index (χ2n) is 2.52. The van der Waals surface area contributed by atoms with Crippen LogP contribution >= 0.6 is 15.9 Å². The summed E-state index contributed by atoms with van der Waals surface area (Å²) in [5, 5.41) is 11.8. The number of halogens is 1. The third-order valence-corrected chi connectivity index (χ3v) is 1.83. The molecule has 0 aromatic carbocycles. The fourth-order valence-corrected chi connectivity index (χ4v) is 0.910. The smallest absolute Gasteiger partial charge is 0.248 e. The summed E-state index contributed by atoms with van der Waals surface area (Å²) in [6.07, 6.45) is 1.75. The highest BCUT2D eigenvalue weighted by molar-refractivity contribution is 9.10. The summed E-state index contributed by atoms with van der Waals surface area (Å²) < 4.78 is 0.610. The number of primary amides is 1. The summed E-state index contributed by atoms with van der Waals surface area (Å²) in [7, 11) is 0. The van der Waals surface area contributed by atoms with E-state index in [-0.39, 0.29) is 6.54 Å². The van der Waals surface area contributed by atoms with E-state index in [4.69, 9.17) is 10.8 Å². The zero-order valence-electron chi connectivity index (χ0n) is 7.14. The molecule has 1 aromatic rings. The van der Waals surface area contributed by atoms with E-state index in [0.717, 1.165) is 0 Å². The van der Waals surface area contributed by atoms with Gasteiger partial charge >= 0.3 is 0 Å². The van der Waals surface area contributed by atoms with Crippen LogP contribution in [0.5, 0.6) is 0 Å². The first-order chi connectivity index (χ1) is 6.59. The standard InChI is InChI=1S/C7H9BrN4O2/c8-5-2-12-6(3-10-5)11-1-4(13)7(9)14/h2-4,13H,1H2,(H2,9,14)(H,11,12). The van der Waals surface area contributed by atoms with E-state index in [1.807, 2.05) is 0 Å². The molecule has 7 heteroatoms. The van der Waals surface area contributed by atoms with Gasteiger partial charge in [-0.25, -0.2) is 9.97 Å². The first-order valence-corrected chi connectivity index (χ1v) is 4.57. The predicted octanol–water partition coefficient (Wildman–Crippen LogP) is -0.503. The molecular weight excluding hydrogens is 252 g/mol. The van der Waals surface area contributed by atoms with Gasteiger partial charge in [-0.2, -0.15) is 0 Å². The van der Waals surface area contributed by atoms with Gasteiger partial charge in [0.15, 0.2) is 0 Å². The van der Waals surface area contributed by atoms with Crippen molar-refractivity contribution in [3.63, 3.8) is 0 Å². The minimum atomic E-state index is -1.22. The summed E-state index contributed by atoms with van der Waals surface area (Å²) in [4.78, 5) is 18.3. The number of aromatic nitrogens is 2. The number of aliphatic hydroxyl groups excluding tert-OH is 1. The number of hydrogen-bond acceptors (Lipinski definition) is 5. The lowest BCUT2D eigenvalue weighted by Gasteiger charge is -2.07. The normalized spacial score (nSPS) is 12.1. The molecule has 1 amide bonds. The number of rotatable bonds is 4. The van der Waals surface area contributed by atoms with Gasteiger partial charge in [0.05, 0.1) is 18.9 Å². The molecule has 0 aliphatic carbocycles. The molecular formula is C7H9BrN4O2.